The molecule has 0 unspecified atom stereocenters. The zero-order valence-corrected chi connectivity index (χ0v) is 13.5. The SMILES string of the molecule is CN(CC(=O)NC(=O)NCc1ccccc1)Cc1cccc(F)c1. The molecule has 0 aliphatic carbocycles. The van der Waals surface area contributed by atoms with Gasteiger partial charge < -0.3 is 5.32 Å². The summed E-state index contributed by atoms with van der Waals surface area (Å²) in [5.41, 5.74) is 1.71. The number of amides is 3. The van der Waals surface area contributed by atoms with Gasteiger partial charge in [-0.3, -0.25) is 15.0 Å². The van der Waals surface area contributed by atoms with Crippen molar-refractivity contribution in [2.24, 2.45) is 0 Å². The molecule has 0 radical (unpaired) electrons. The predicted octanol–water partition coefficient (Wildman–Crippen LogP) is 2.28. The first-order valence-electron chi connectivity index (χ1n) is 7.57. The highest BCUT2D eigenvalue weighted by atomic mass is 19.1. The summed E-state index contributed by atoms with van der Waals surface area (Å²) in [5.74, 6) is -0.731. The van der Waals surface area contributed by atoms with Gasteiger partial charge in [0, 0.05) is 13.1 Å². The van der Waals surface area contributed by atoms with Crippen LogP contribution in [0.5, 0.6) is 0 Å². The number of halogens is 1. The van der Waals surface area contributed by atoms with Crippen molar-refractivity contribution in [3.8, 4) is 0 Å². The van der Waals surface area contributed by atoms with Crippen LogP contribution in [0.3, 0.4) is 0 Å². The van der Waals surface area contributed by atoms with Crippen molar-refractivity contribution in [3.05, 3.63) is 71.5 Å². The fourth-order valence-corrected chi connectivity index (χ4v) is 2.24. The molecule has 3 amide bonds. The number of hydrogen-bond acceptors (Lipinski definition) is 3. The fourth-order valence-electron chi connectivity index (χ4n) is 2.24. The maximum Gasteiger partial charge on any atom is 0.321 e. The van der Waals surface area contributed by atoms with Gasteiger partial charge in [-0.05, 0) is 30.3 Å². The Morgan fingerprint density at radius 2 is 1.75 bits per heavy atom. The zero-order valence-electron chi connectivity index (χ0n) is 13.5. The molecule has 24 heavy (non-hydrogen) atoms. The number of nitrogens with one attached hydrogen (secondary N) is 2. The Balaban J connectivity index is 1.72. The average Bonchev–Trinajstić information content (AvgIpc) is 2.53. The quantitative estimate of drug-likeness (QED) is 0.855. The van der Waals surface area contributed by atoms with Gasteiger partial charge in [-0.15, -0.1) is 0 Å². The Kier molecular flexibility index (Phi) is 6.45. The normalized spacial score (nSPS) is 10.5. The smallest absolute Gasteiger partial charge is 0.321 e. The third-order valence-corrected chi connectivity index (χ3v) is 3.30. The molecule has 126 valence electrons. The first-order valence-corrected chi connectivity index (χ1v) is 7.57. The molecule has 2 aromatic carbocycles. The predicted molar refractivity (Wildman–Crippen MR) is 89.6 cm³/mol. The van der Waals surface area contributed by atoms with E-state index in [9.17, 15) is 14.0 Å². The van der Waals surface area contributed by atoms with Gasteiger partial charge >= 0.3 is 6.03 Å². The number of imide groups is 1. The largest absolute Gasteiger partial charge is 0.334 e. The van der Waals surface area contributed by atoms with E-state index >= 15 is 0 Å². The van der Waals surface area contributed by atoms with Gasteiger partial charge in [-0.25, -0.2) is 9.18 Å². The van der Waals surface area contributed by atoms with Gasteiger partial charge in [0.2, 0.25) is 5.91 Å². The highest BCUT2D eigenvalue weighted by molar-refractivity contribution is 5.95. The molecule has 6 heteroatoms. The van der Waals surface area contributed by atoms with E-state index in [-0.39, 0.29) is 12.4 Å². The molecule has 0 aliphatic heterocycles. The van der Waals surface area contributed by atoms with Crippen molar-refractivity contribution in [1.82, 2.24) is 15.5 Å². The van der Waals surface area contributed by atoms with Crippen LogP contribution in [-0.4, -0.2) is 30.4 Å². The minimum Gasteiger partial charge on any atom is -0.334 e. The van der Waals surface area contributed by atoms with Crippen LogP contribution < -0.4 is 10.6 Å². The van der Waals surface area contributed by atoms with Crippen LogP contribution in [0.25, 0.3) is 0 Å². The van der Waals surface area contributed by atoms with E-state index in [2.05, 4.69) is 10.6 Å². The molecule has 2 aromatic rings. The summed E-state index contributed by atoms with van der Waals surface area (Å²) in [6, 6.07) is 15.1. The second-order valence-electron chi connectivity index (χ2n) is 5.52. The fraction of sp³-hybridized carbons (Fsp3) is 0.222. The third kappa shape index (κ3) is 6.18. The van der Waals surface area contributed by atoms with E-state index in [4.69, 9.17) is 0 Å². The van der Waals surface area contributed by atoms with E-state index in [1.165, 1.54) is 12.1 Å². The Morgan fingerprint density at radius 3 is 2.46 bits per heavy atom. The molecule has 0 heterocycles. The van der Waals surface area contributed by atoms with Gasteiger partial charge in [0.25, 0.3) is 0 Å². The molecular weight excluding hydrogens is 309 g/mol. The Bertz CT molecular complexity index is 692. The summed E-state index contributed by atoms with van der Waals surface area (Å²) in [6.45, 7) is 0.797. The van der Waals surface area contributed by atoms with Crippen LogP contribution in [0.1, 0.15) is 11.1 Å². The van der Waals surface area contributed by atoms with E-state index in [1.807, 2.05) is 30.3 Å². The number of urea groups is 1. The number of carbonyl (C=O) groups is 2. The van der Waals surface area contributed by atoms with Crippen molar-refractivity contribution < 1.29 is 14.0 Å². The lowest BCUT2D eigenvalue weighted by atomic mass is 10.2. The van der Waals surface area contributed by atoms with E-state index in [0.29, 0.717) is 13.1 Å². The number of carbonyl (C=O) groups excluding carboxylic acids is 2. The Hall–Kier alpha value is -2.73. The number of benzene rings is 2. The topological polar surface area (TPSA) is 61.4 Å². The molecule has 5 nitrogen and oxygen atoms in total. The van der Waals surface area contributed by atoms with Gasteiger partial charge in [-0.1, -0.05) is 42.5 Å². The summed E-state index contributed by atoms with van der Waals surface area (Å²) in [6.07, 6.45) is 0. The second kappa shape index (κ2) is 8.79. The molecule has 0 saturated carbocycles. The second-order valence-corrected chi connectivity index (χ2v) is 5.52. The molecular formula is C18H20FN3O2. The molecule has 0 aliphatic rings. The molecule has 2 rings (SSSR count). The number of hydrogen-bond donors (Lipinski definition) is 2. The van der Waals surface area contributed by atoms with Crippen LogP contribution in [0.2, 0.25) is 0 Å². The molecule has 0 spiro atoms. The molecule has 2 N–H and O–H groups in total. The van der Waals surface area contributed by atoms with Gasteiger partial charge in [-0.2, -0.15) is 0 Å². The zero-order chi connectivity index (χ0) is 17.4. The van der Waals surface area contributed by atoms with Crippen LogP contribution in [-0.2, 0) is 17.9 Å². The lowest BCUT2D eigenvalue weighted by Crippen LogP contribution is -2.43. The first kappa shape index (κ1) is 17.6. The molecule has 0 aromatic heterocycles. The first-order chi connectivity index (χ1) is 11.5. The average molecular weight is 329 g/mol. The Labute approximate surface area is 140 Å². The Morgan fingerprint density at radius 1 is 1.04 bits per heavy atom. The summed E-state index contributed by atoms with van der Waals surface area (Å²) in [7, 11) is 1.73. The van der Waals surface area contributed by atoms with Crippen molar-refractivity contribution in [1.29, 1.82) is 0 Å². The van der Waals surface area contributed by atoms with Crippen LogP contribution in [0.4, 0.5) is 9.18 Å². The number of nitrogens with zero attached hydrogens (tertiary/aromatic N) is 1. The van der Waals surface area contributed by atoms with Crippen LogP contribution in [0.15, 0.2) is 54.6 Å². The van der Waals surface area contributed by atoms with E-state index < -0.39 is 11.9 Å². The summed E-state index contributed by atoms with van der Waals surface area (Å²) >= 11 is 0. The summed E-state index contributed by atoms with van der Waals surface area (Å²) < 4.78 is 13.1. The van der Waals surface area contributed by atoms with Crippen LogP contribution in [0, 0.1) is 5.82 Å². The molecule has 0 atom stereocenters. The van der Waals surface area contributed by atoms with Crippen molar-refractivity contribution in [2.75, 3.05) is 13.6 Å². The molecule has 0 bridgehead atoms. The van der Waals surface area contributed by atoms with Crippen LogP contribution >= 0.6 is 0 Å². The van der Waals surface area contributed by atoms with Gasteiger partial charge in [0.05, 0.1) is 6.54 Å². The maximum absolute atomic E-state index is 13.1. The minimum atomic E-state index is -0.539. The third-order valence-electron chi connectivity index (χ3n) is 3.30. The van der Waals surface area contributed by atoms with Crippen molar-refractivity contribution in [3.63, 3.8) is 0 Å². The van der Waals surface area contributed by atoms with Gasteiger partial charge in [0.1, 0.15) is 5.82 Å². The highest BCUT2D eigenvalue weighted by Crippen LogP contribution is 2.05. The standard InChI is InChI=1S/C18H20FN3O2/c1-22(12-15-8-5-9-16(19)10-15)13-17(23)21-18(24)20-11-14-6-3-2-4-7-14/h2-10H,11-13H2,1H3,(H2,20,21,23,24). The molecule has 0 fully saturated rings. The van der Waals surface area contributed by atoms with Crippen molar-refractivity contribution >= 4 is 11.9 Å². The monoisotopic (exact) mass is 329 g/mol. The minimum absolute atomic E-state index is 0.0370. The van der Waals surface area contributed by atoms with Gasteiger partial charge in [0.15, 0.2) is 0 Å². The lowest BCUT2D eigenvalue weighted by Gasteiger charge is -2.16. The highest BCUT2D eigenvalue weighted by Gasteiger charge is 2.11. The maximum atomic E-state index is 13.1. The number of rotatable bonds is 6. The summed E-state index contributed by atoms with van der Waals surface area (Å²) in [5, 5.41) is 4.89. The number of likely N-dealkylation sites (N-methyl/N-ethyl adjacent to an activating group) is 1. The molecule has 0 saturated heterocycles. The summed E-state index contributed by atoms with van der Waals surface area (Å²) in [4.78, 5) is 25.2. The van der Waals surface area contributed by atoms with E-state index in [1.54, 1.807) is 24.1 Å². The van der Waals surface area contributed by atoms with E-state index in [0.717, 1.165) is 11.1 Å². The van der Waals surface area contributed by atoms with Crippen molar-refractivity contribution in [2.45, 2.75) is 13.1 Å². The lowest BCUT2D eigenvalue weighted by molar-refractivity contribution is -0.120.